The smallest absolute Gasteiger partial charge is 0.229 e. The molecule has 0 aliphatic carbocycles. The summed E-state index contributed by atoms with van der Waals surface area (Å²) in [5.74, 6) is 1.33. The molecule has 7 heterocycles. The fourth-order valence-electron chi connectivity index (χ4n) is 9.76. The summed E-state index contributed by atoms with van der Waals surface area (Å²) < 4.78 is 40.6. The van der Waals surface area contributed by atoms with Crippen LogP contribution in [0, 0.1) is 24.5 Å². The number of benzene rings is 2. The SMILES string of the molecule is COCCN1CC2CC(C1)N2c1nc(N2CC(Nc3cccc(-c4cc(F)cc(/N=C(/C)C(C)CC(CN(C)C)OC)c4C)n3)CC2C=O)c2c(n1)N(c1ccc(F)cc1O)N(C)C2. The van der Waals surface area contributed by atoms with Gasteiger partial charge in [-0.05, 0) is 95.1 Å². The van der Waals surface area contributed by atoms with Crippen LogP contribution >= 0.6 is 0 Å². The highest BCUT2D eigenvalue weighted by atomic mass is 19.1. The summed E-state index contributed by atoms with van der Waals surface area (Å²) in [5, 5.41) is 18.3. The number of aliphatic imine (C=N–C) groups is 1. The van der Waals surface area contributed by atoms with Crippen LogP contribution in [0.1, 0.15) is 44.2 Å². The molecule has 2 aromatic carbocycles. The lowest BCUT2D eigenvalue weighted by Crippen LogP contribution is -2.69. The van der Waals surface area contributed by atoms with Gasteiger partial charge in [-0.25, -0.2) is 18.8 Å². The van der Waals surface area contributed by atoms with Gasteiger partial charge in [0.15, 0.2) is 5.82 Å². The predicted octanol–water partition coefficient (Wildman–Crippen LogP) is 6.19. The maximum atomic E-state index is 15.3. The first-order valence-electron chi connectivity index (χ1n) is 22.1. The van der Waals surface area contributed by atoms with E-state index in [-0.39, 0.29) is 35.9 Å². The highest BCUT2D eigenvalue weighted by molar-refractivity contribution is 5.88. The van der Waals surface area contributed by atoms with Gasteiger partial charge in [-0.15, -0.1) is 0 Å². The maximum absolute atomic E-state index is 15.3. The van der Waals surface area contributed by atoms with Crippen molar-refractivity contribution in [2.75, 3.05) is 94.8 Å². The first-order chi connectivity index (χ1) is 30.7. The average molecular weight is 882 g/mol. The van der Waals surface area contributed by atoms with Crippen molar-refractivity contribution in [1.82, 2.24) is 29.8 Å². The Morgan fingerprint density at radius 1 is 1.03 bits per heavy atom. The average Bonchev–Trinajstić information content (AvgIpc) is 3.82. The van der Waals surface area contributed by atoms with Gasteiger partial charge >= 0.3 is 0 Å². The Kier molecular flexibility index (Phi) is 13.4. The van der Waals surface area contributed by atoms with E-state index in [2.05, 4.69) is 26.9 Å². The minimum absolute atomic E-state index is 0.0468. The molecule has 4 saturated heterocycles. The number of nitrogens with one attached hydrogen (secondary N) is 1. The number of phenolic OH excluding ortho intramolecular Hbond substituents is 1. The topological polar surface area (TPSA) is 138 Å². The Bertz CT molecular complexity index is 2360. The zero-order chi connectivity index (χ0) is 45.4. The molecule has 17 heteroatoms. The second-order valence-corrected chi connectivity index (χ2v) is 18.1. The molecular weight excluding hydrogens is 821 g/mol. The predicted molar refractivity (Wildman–Crippen MR) is 246 cm³/mol. The number of carbonyl (C=O) groups is 1. The van der Waals surface area contributed by atoms with Crippen LogP contribution in [0.5, 0.6) is 5.75 Å². The van der Waals surface area contributed by atoms with Crippen LogP contribution in [0.2, 0.25) is 0 Å². The number of hydrogen-bond donors (Lipinski definition) is 2. The molecule has 2 aromatic heterocycles. The number of ether oxygens (including phenoxy) is 2. The molecule has 2 bridgehead atoms. The number of carbonyl (C=O) groups excluding carboxylic acids is 1. The molecule has 0 saturated carbocycles. The number of aromatic hydroxyl groups is 1. The zero-order valence-corrected chi connectivity index (χ0v) is 38.1. The van der Waals surface area contributed by atoms with E-state index < -0.39 is 17.7 Å². The molecule has 5 aliphatic heterocycles. The van der Waals surface area contributed by atoms with Crippen molar-refractivity contribution in [1.29, 1.82) is 0 Å². The maximum Gasteiger partial charge on any atom is 0.229 e. The number of piperidine rings is 1. The molecule has 2 N–H and O–H groups in total. The summed E-state index contributed by atoms with van der Waals surface area (Å²) in [6, 6.07) is 12.3. The first kappa shape index (κ1) is 45.2. The van der Waals surface area contributed by atoms with E-state index in [0.29, 0.717) is 72.2 Å². The van der Waals surface area contributed by atoms with Gasteiger partial charge in [0.25, 0.3) is 0 Å². The molecule has 342 valence electrons. The van der Waals surface area contributed by atoms with Gasteiger partial charge in [0.2, 0.25) is 5.95 Å². The van der Waals surface area contributed by atoms with E-state index >= 15 is 4.39 Å². The summed E-state index contributed by atoms with van der Waals surface area (Å²) in [4.78, 5) is 42.1. The monoisotopic (exact) mass is 881 g/mol. The van der Waals surface area contributed by atoms with Crippen molar-refractivity contribution in [3.05, 3.63) is 71.3 Å². The second kappa shape index (κ2) is 19.0. The molecule has 5 aliphatic rings. The van der Waals surface area contributed by atoms with Gasteiger partial charge in [-0.1, -0.05) is 13.0 Å². The Balaban J connectivity index is 1.06. The van der Waals surface area contributed by atoms with E-state index in [1.54, 1.807) is 25.3 Å². The third-order valence-electron chi connectivity index (χ3n) is 13.2. The minimum Gasteiger partial charge on any atom is -0.506 e. The summed E-state index contributed by atoms with van der Waals surface area (Å²) in [5.41, 5.74) is 4.70. The van der Waals surface area contributed by atoms with Crippen LogP contribution in [0.3, 0.4) is 0 Å². The molecule has 0 spiro atoms. The van der Waals surface area contributed by atoms with Crippen molar-refractivity contribution in [2.24, 2.45) is 10.9 Å². The lowest BCUT2D eigenvalue weighted by molar-refractivity contribution is -0.108. The number of hydrazine groups is 1. The fraction of sp³-hybridized carbons (Fsp3) is 0.511. The molecule has 64 heavy (non-hydrogen) atoms. The molecule has 15 nitrogen and oxygen atoms in total. The quantitative estimate of drug-likeness (QED) is 0.0921. The van der Waals surface area contributed by atoms with Crippen LogP contribution < -0.4 is 20.1 Å². The van der Waals surface area contributed by atoms with E-state index in [1.807, 2.05) is 63.1 Å². The third-order valence-corrected chi connectivity index (χ3v) is 13.2. The lowest BCUT2D eigenvalue weighted by atomic mass is 9.88. The summed E-state index contributed by atoms with van der Waals surface area (Å²) in [6.07, 6.45) is 3.31. The van der Waals surface area contributed by atoms with Gasteiger partial charge in [-0.3, -0.25) is 14.9 Å². The van der Waals surface area contributed by atoms with Gasteiger partial charge in [-0.2, -0.15) is 9.97 Å². The minimum atomic E-state index is -0.545. The standard InChI is InChI=1S/C47H61F2N11O4/c1-28(16-37(64-8)25-55(4)5)30(3)50-41-18-32(49)17-38(29(41)2)40-10-9-11-44(52-40)51-33-20-36(27-61)58(22-33)45-39-26-56(6)60(42-13-12-31(48)19-43(42)62)46(39)54-47(53-45)59-34-21-35(59)24-57(23-34)14-15-63-7/h9-13,17-19,27-28,33-37,62H,14-16,20-26H2,1-8H3,(H,51,52)/b50-30-. The molecule has 6 unspecified atom stereocenters. The number of likely N-dealkylation sites (N-methyl/N-ethyl adjacent to an activating group) is 1. The normalized spacial score (nSPS) is 22.2. The van der Waals surface area contributed by atoms with Gasteiger partial charge in [0.05, 0.1) is 42.2 Å². The molecule has 4 aromatic rings. The highest BCUT2D eigenvalue weighted by Gasteiger charge is 2.48. The number of rotatable bonds is 17. The van der Waals surface area contributed by atoms with Gasteiger partial charge < -0.3 is 39.4 Å². The van der Waals surface area contributed by atoms with Crippen molar-refractivity contribution >= 4 is 46.8 Å². The van der Waals surface area contributed by atoms with Crippen molar-refractivity contribution in [2.45, 2.75) is 76.8 Å². The number of hydrogen-bond acceptors (Lipinski definition) is 15. The van der Waals surface area contributed by atoms with Gasteiger partial charge in [0.1, 0.15) is 41.0 Å². The van der Waals surface area contributed by atoms with Crippen LogP contribution in [0.4, 0.5) is 43.6 Å². The number of aromatic nitrogens is 3. The number of pyridine rings is 1. The molecule has 6 atom stereocenters. The molecule has 9 rings (SSSR count). The number of methoxy groups -OCH3 is 2. The Morgan fingerprint density at radius 2 is 1.80 bits per heavy atom. The van der Waals surface area contributed by atoms with Crippen molar-refractivity contribution in [3.8, 4) is 17.0 Å². The van der Waals surface area contributed by atoms with Crippen LogP contribution in [0.15, 0.2) is 53.5 Å². The number of aldehydes is 1. The van der Waals surface area contributed by atoms with Crippen LogP contribution in [0.25, 0.3) is 11.3 Å². The summed E-state index contributed by atoms with van der Waals surface area (Å²) >= 11 is 0. The third kappa shape index (κ3) is 9.27. The number of fused-ring (bicyclic) bond motifs is 3. The van der Waals surface area contributed by atoms with Gasteiger partial charge in [0, 0.05) is 89.5 Å². The number of anilines is 5. The van der Waals surface area contributed by atoms with E-state index in [0.717, 1.165) is 68.2 Å². The molecule has 4 fully saturated rings. The molecular formula is C47H61F2N11O4. The number of phenols is 1. The summed E-state index contributed by atoms with van der Waals surface area (Å²) in [6.45, 7) is 10.9. The highest BCUT2D eigenvalue weighted by Crippen LogP contribution is 2.46. The molecule has 0 radical (unpaired) electrons. The number of piperazine rings is 1. The largest absolute Gasteiger partial charge is 0.506 e. The molecule has 0 amide bonds. The van der Waals surface area contributed by atoms with E-state index in [1.165, 1.54) is 18.2 Å². The Hall–Kier alpha value is -5.33. The Morgan fingerprint density at radius 3 is 2.50 bits per heavy atom. The second-order valence-electron chi connectivity index (χ2n) is 18.1. The van der Waals surface area contributed by atoms with Crippen LogP contribution in [-0.4, -0.2) is 152 Å². The lowest BCUT2D eigenvalue weighted by Gasteiger charge is -2.56. The van der Waals surface area contributed by atoms with E-state index in [9.17, 15) is 14.3 Å². The summed E-state index contributed by atoms with van der Waals surface area (Å²) in [7, 11) is 9.36. The van der Waals surface area contributed by atoms with Crippen molar-refractivity contribution in [3.63, 3.8) is 0 Å². The zero-order valence-electron chi connectivity index (χ0n) is 38.1. The number of nitrogens with zero attached hydrogens (tertiary/aromatic N) is 10. The van der Waals surface area contributed by atoms with Crippen molar-refractivity contribution < 1.29 is 28.2 Å². The Labute approximate surface area is 374 Å². The number of halogens is 2. The van der Waals surface area contributed by atoms with E-state index in [4.69, 9.17) is 29.4 Å². The van der Waals surface area contributed by atoms with Crippen LogP contribution in [-0.2, 0) is 20.8 Å². The first-order valence-corrected chi connectivity index (χ1v) is 22.1. The fourth-order valence-corrected chi connectivity index (χ4v) is 9.76.